The van der Waals surface area contributed by atoms with Gasteiger partial charge in [0.2, 0.25) is 5.91 Å². The molecule has 0 bridgehead atoms. The Labute approximate surface area is 96.7 Å². The van der Waals surface area contributed by atoms with E-state index >= 15 is 0 Å². The van der Waals surface area contributed by atoms with Crippen molar-refractivity contribution in [3.63, 3.8) is 0 Å². The van der Waals surface area contributed by atoms with Crippen LogP contribution in [0.5, 0.6) is 0 Å². The number of hydrogen-bond acceptors (Lipinski definition) is 2. The van der Waals surface area contributed by atoms with Crippen molar-refractivity contribution >= 4 is 11.9 Å². The smallest absolute Gasteiger partial charge is 0.331 e. The van der Waals surface area contributed by atoms with Gasteiger partial charge in [-0.25, -0.2) is 4.79 Å². The summed E-state index contributed by atoms with van der Waals surface area (Å²) < 4.78 is 0. The lowest BCUT2D eigenvalue weighted by Crippen LogP contribution is -2.43. The second kappa shape index (κ2) is 5.68. The molecule has 4 heteroatoms. The minimum Gasteiger partial charge on any atom is -0.478 e. The summed E-state index contributed by atoms with van der Waals surface area (Å²) in [4.78, 5) is 22.4. The first-order valence-electron chi connectivity index (χ1n) is 5.44. The van der Waals surface area contributed by atoms with Crippen LogP contribution in [0.3, 0.4) is 0 Å². The Bertz CT molecular complexity index is 316. The van der Waals surface area contributed by atoms with E-state index in [-0.39, 0.29) is 22.6 Å². The highest BCUT2D eigenvalue weighted by molar-refractivity contribution is 6.01. The first-order valence-corrected chi connectivity index (χ1v) is 5.44. The van der Waals surface area contributed by atoms with Crippen molar-refractivity contribution in [1.82, 2.24) is 5.32 Å². The van der Waals surface area contributed by atoms with Gasteiger partial charge in [-0.15, -0.1) is 0 Å². The zero-order chi connectivity index (χ0) is 12.9. The monoisotopic (exact) mass is 227 g/mol. The summed E-state index contributed by atoms with van der Waals surface area (Å²) in [5.74, 6) is -1.36. The van der Waals surface area contributed by atoms with E-state index in [2.05, 4.69) is 5.32 Å². The molecule has 0 heterocycles. The molecule has 0 fully saturated rings. The summed E-state index contributed by atoms with van der Waals surface area (Å²) in [5, 5.41) is 11.6. The first-order chi connectivity index (χ1) is 7.21. The van der Waals surface area contributed by atoms with Crippen LogP contribution in [0.1, 0.15) is 47.5 Å². The molecule has 0 aromatic rings. The molecule has 16 heavy (non-hydrogen) atoms. The predicted molar refractivity (Wildman–Crippen MR) is 63.1 cm³/mol. The first kappa shape index (κ1) is 14.7. The summed E-state index contributed by atoms with van der Waals surface area (Å²) in [6.45, 7) is 8.86. The molecule has 0 rings (SSSR count). The van der Waals surface area contributed by atoms with E-state index in [0.29, 0.717) is 0 Å². The van der Waals surface area contributed by atoms with Gasteiger partial charge >= 0.3 is 5.97 Å². The molecule has 0 aliphatic carbocycles. The summed E-state index contributed by atoms with van der Waals surface area (Å²) in [7, 11) is 0. The van der Waals surface area contributed by atoms with Gasteiger partial charge in [0.25, 0.3) is 0 Å². The highest BCUT2D eigenvalue weighted by Gasteiger charge is 2.21. The molecule has 4 nitrogen and oxygen atoms in total. The van der Waals surface area contributed by atoms with Gasteiger partial charge in [0.15, 0.2) is 0 Å². The van der Waals surface area contributed by atoms with E-state index in [9.17, 15) is 9.59 Å². The van der Waals surface area contributed by atoms with Crippen LogP contribution >= 0.6 is 0 Å². The molecule has 0 saturated heterocycles. The zero-order valence-corrected chi connectivity index (χ0v) is 10.7. The molecule has 1 amide bonds. The van der Waals surface area contributed by atoms with Gasteiger partial charge < -0.3 is 10.4 Å². The predicted octanol–water partition coefficient (Wildman–Crippen LogP) is 2.10. The summed E-state index contributed by atoms with van der Waals surface area (Å²) in [6, 6.07) is 0. The second-order valence-corrected chi connectivity index (χ2v) is 4.64. The Hall–Kier alpha value is -1.32. The maximum Gasteiger partial charge on any atom is 0.331 e. The average molecular weight is 227 g/mol. The standard InChI is InChI=1S/C12H21NO3/c1-6-7-12(4,5)13-10(14)8(2)9(3)11(15)16/h6-7H2,1-5H3,(H,13,14)(H,15,16). The molecule has 0 aromatic heterocycles. The number of carboxylic acid groups (broad SMARTS) is 1. The zero-order valence-electron chi connectivity index (χ0n) is 10.7. The van der Waals surface area contributed by atoms with Gasteiger partial charge in [0.1, 0.15) is 0 Å². The summed E-state index contributed by atoms with van der Waals surface area (Å²) >= 11 is 0. The van der Waals surface area contributed by atoms with E-state index in [1.807, 2.05) is 20.8 Å². The number of nitrogens with one attached hydrogen (secondary N) is 1. The Balaban J connectivity index is 4.72. The van der Waals surface area contributed by atoms with Crippen molar-refractivity contribution in [2.75, 3.05) is 0 Å². The van der Waals surface area contributed by atoms with E-state index < -0.39 is 5.97 Å². The van der Waals surface area contributed by atoms with Crippen molar-refractivity contribution in [3.05, 3.63) is 11.1 Å². The number of carbonyl (C=O) groups is 2. The van der Waals surface area contributed by atoms with Gasteiger partial charge in [0.05, 0.1) is 0 Å². The third-order valence-corrected chi connectivity index (χ3v) is 2.55. The molecule has 0 saturated carbocycles. The number of carbonyl (C=O) groups excluding carboxylic acids is 1. The molecule has 0 aromatic carbocycles. The van der Waals surface area contributed by atoms with Crippen LogP contribution in [-0.2, 0) is 9.59 Å². The molecule has 0 spiro atoms. The summed E-state index contributed by atoms with van der Waals surface area (Å²) in [6.07, 6.45) is 1.83. The Morgan fingerprint density at radius 1 is 1.19 bits per heavy atom. The van der Waals surface area contributed by atoms with Crippen molar-refractivity contribution in [3.8, 4) is 0 Å². The van der Waals surface area contributed by atoms with Crippen LogP contribution in [0.25, 0.3) is 0 Å². The maximum absolute atomic E-state index is 11.7. The van der Waals surface area contributed by atoms with Gasteiger partial charge in [-0.2, -0.15) is 0 Å². The second-order valence-electron chi connectivity index (χ2n) is 4.64. The molecule has 0 unspecified atom stereocenters. The lowest BCUT2D eigenvalue weighted by atomic mass is 9.98. The maximum atomic E-state index is 11.7. The number of carboxylic acids is 1. The topological polar surface area (TPSA) is 66.4 Å². The van der Waals surface area contributed by atoms with Crippen molar-refractivity contribution in [2.45, 2.75) is 53.0 Å². The molecule has 0 atom stereocenters. The fraction of sp³-hybridized carbons (Fsp3) is 0.667. The normalized spacial score (nSPS) is 13.1. The minimum absolute atomic E-state index is 0.0878. The summed E-state index contributed by atoms with van der Waals surface area (Å²) in [5.41, 5.74) is 0.0489. The highest BCUT2D eigenvalue weighted by atomic mass is 16.4. The molecule has 92 valence electrons. The molecule has 0 radical (unpaired) electrons. The lowest BCUT2D eigenvalue weighted by molar-refractivity contribution is -0.133. The molecule has 2 N–H and O–H groups in total. The van der Waals surface area contributed by atoms with Crippen LogP contribution in [0.15, 0.2) is 11.1 Å². The van der Waals surface area contributed by atoms with Crippen LogP contribution in [-0.4, -0.2) is 22.5 Å². The molecular weight excluding hydrogens is 206 g/mol. The van der Waals surface area contributed by atoms with E-state index in [4.69, 9.17) is 5.11 Å². The van der Waals surface area contributed by atoms with Crippen LogP contribution < -0.4 is 5.32 Å². The minimum atomic E-state index is -1.05. The highest BCUT2D eigenvalue weighted by Crippen LogP contribution is 2.13. The Morgan fingerprint density at radius 3 is 2.06 bits per heavy atom. The molecular formula is C12H21NO3. The number of amides is 1. The number of aliphatic carboxylic acids is 1. The van der Waals surface area contributed by atoms with Gasteiger partial charge in [0, 0.05) is 16.7 Å². The number of hydrogen-bond donors (Lipinski definition) is 2. The van der Waals surface area contributed by atoms with E-state index in [0.717, 1.165) is 12.8 Å². The van der Waals surface area contributed by atoms with E-state index in [1.165, 1.54) is 13.8 Å². The Morgan fingerprint density at radius 2 is 1.69 bits per heavy atom. The van der Waals surface area contributed by atoms with Gasteiger partial charge in [-0.1, -0.05) is 13.3 Å². The van der Waals surface area contributed by atoms with Crippen molar-refractivity contribution in [1.29, 1.82) is 0 Å². The third-order valence-electron chi connectivity index (χ3n) is 2.55. The fourth-order valence-corrected chi connectivity index (χ4v) is 1.42. The largest absolute Gasteiger partial charge is 0.478 e. The SMILES string of the molecule is CCCC(C)(C)NC(=O)C(C)=C(C)C(=O)O. The third kappa shape index (κ3) is 4.47. The fourth-order valence-electron chi connectivity index (χ4n) is 1.42. The average Bonchev–Trinajstić information content (AvgIpc) is 2.14. The van der Waals surface area contributed by atoms with Gasteiger partial charge in [-0.05, 0) is 34.1 Å². The molecule has 0 aliphatic heterocycles. The number of rotatable bonds is 5. The quantitative estimate of drug-likeness (QED) is 0.707. The van der Waals surface area contributed by atoms with E-state index in [1.54, 1.807) is 0 Å². The van der Waals surface area contributed by atoms with Crippen molar-refractivity contribution in [2.24, 2.45) is 0 Å². The lowest BCUT2D eigenvalue weighted by Gasteiger charge is -2.26. The molecule has 0 aliphatic rings. The van der Waals surface area contributed by atoms with Crippen LogP contribution in [0.4, 0.5) is 0 Å². The van der Waals surface area contributed by atoms with Crippen molar-refractivity contribution < 1.29 is 14.7 Å². The van der Waals surface area contributed by atoms with Crippen LogP contribution in [0, 0.1) is 0 Å². The van der Waals surface area contributed by atoms with Crippen LogP contribution in [0.2, 0.25) is 0 Å². The Kier molecular flexibility index (Phi) is 5.21. The van der Waals surface area contributed by atoms with Gasteiger partial charge in [-0.3, -0.25) is 4.79 Å².